The Hall–Kier alpha value is -4.59. The Morgan fingerprint density at radius 1 is 0.941 bits per heavy atom. The Morgan fingerprint density at radius 2 is 1.68 bits per heavy atom. The molecule has 8 heteroatoms. The number of rotatable bonds is 6. The lowest BCUT2D eigenvalue weighted by Gasteiger charge is -2.10. The molecule has 0 unspecified atom stereocenters. The first-order valence-corrected chi connectivity index (χ1v) is 10.9. The molecule has 5 rings (SSSR count). The van der Waals surface area contributed by atoms with Crippen molar-refractivity contribution in [2.45, 2.75) is 19.9 Å². The minimum atomic E-state index is -0.186. The van der Waals surface area contributed by atoms with Crippen molar-refractivity contribution < 1.29 is 9.32 Å². The molecule has 8 nitrogen and oxygen atoms in total. The highest BCUT2D eigenvalue weighted by Crippen LogP contribution is 2.21. The molecule has 5 aromatic rings. The molecule has 1 N–H and O–H groups in total. The van der Waals surface area contributed by atoms with Gasteiger partial charge in [-0.15, -0.1) is 0 Å². The highest BCUT2D eigenvalue weighted by Gasteiger charge is 2.15. The van der Waals surface area contributed by atoms with Crippen LogP contribution in [-0.4, -0.2) is 25.6 Å². The van der Waals surface area contributed by atoms with Gasteiger partial charge in [0.05, 0.1) is 17.4 Å². The van der Waals surface area contributed by atoms with Crippen LogP contribution < -0.4 is 10.9 Å². The predicted octanol–water partition coefficient (Wildman–Crippen LogP) is 4.31. The first-order chi connectivity index (χ1) is 16.6. The van der Waals surface area contributed by atoms with Gasteiger partial charge in [-0.2, -0.15) is 4.98 Å². The van der Waals surface area contributed by atoms with Crippen LogP contribution in [0.25, 0.3) is 22.4 Å². The summed E-state index contributed by atoms with van der Waals surface area (Å²) < 4.78 is 7.01. The summed E-state index contributed by atoms with van der Waals surface area (Å²) in [6.45, 7) is 2.11. The first-order valence-electron chi connectivity index (χ1n) is 10.9. The van der Waals surface area contributed by atoms with Gasteiger partial charge in [0.1, 0.15) is 5.82 Å². The minimum Gasteiger partial charge on any atom is -0.334 e. The highest BCUT2D eigenvalue weighted by atomic mass is 16.5. The summed E-state index contributed by atoms with van der Waals surface area (Å²) in [6, 6.07) is 23.4. The van der Waals surface area contributed by atoms with Gasteiger partial charge in [0.2, 0.25) is 0 Å². The van der Waals surface area contributed by atoms with Crippen LogP contribution >= 0.6 is 0 Å². The topological polar surface area (TPSA) is 103 Å². The summed E-state index contributed by atoms with van der Waals surface area (Å²) in [7, 11) is 0. The number of carbonyl (C=O) groups is 1. The van der Waals surface area contributed by atoms with Crippen molar-refractivity contribution in [3.63, 3.8) is 0 Å². The standard InChI is InChI=1S/C26H21N5O3/c1-2-23-28-21-11-7-6-10-20(21)26(33)31(23)16-22-29-25(34-30-22)18-12-14-19(15-13-18)27-24(32)17-8-4-3-5-9-17/h3-15H,2,16H2,1H3,(H,27,32). The van der Waals surface area contributed by atoms with Gasteiger partial charge in [0.25, 0.3) is 17.4 Å². The van der Waals surface area contributed by atoms with E-state index in [0.717, 1.165) is 0 Å². The molecule has 0 aliphatic rings. The number of anilines is 1. The van der Waals surface area contributed by atoms with Crippen LogP contribution in [0.5, 0.6) is 0 Å². The largest absolute Gasteiger partial charge is 0.334 e. The molecule has 0 saturated carbocycles. The van der Waals surface area contributed by atoms with Crippen LogP contribution in [0.15, 0.2) is 88.2 Å². The van der Waals surface area contributed by atoms with E-state index in [9.17, 15) is 9.59 Å². The van der Waals surface area contributed by atoms with Gasteiger partial charge < -0.3 is 9.84 Å². The number of hydrogen-bond donors (Lipinski definition) is 1. The number of amides is 1. The summed E-state index contributed by atoms with van der Waals surface area (Å²) in [5, 5.41) is 7.46. The quantitative estimate of drug-likeness (QED) is 0.413. The highest BCUT2D eigenvalue weighted by molar-refractivity contribution is 6.04. The predicted molar refractivity (Wildman–Crippen MR) is 129 cm³/mol. The van der Waals surface area contributed by atoms with Crippen LogP contribution in [0.4, 0.5) is 5.69 Å². The molecule has 34 heavy (non-hydrogen) atoms. The van der Waals surface area contributed by atoms with Gasteiger partial charge in [-0.1, -0.05) is 42.4 Å². The maximum atomic E-state index is 13.0. The van der Waals surface area contributed by atoms with Crippen molar-refractivity contribution >= 4 is 22.5 Å². The van der Waals surface area contributed by atoms with E-state index in [4.69, 9.17) is 4.52 Å². The van der Waals surface area contributed by atoms with Gasteiger partial charge in [0.15, 0.2) is 5.82 Å². The Balaban J connectivity index is 1.35. The molecule has 0 atom stereocenters. The normalized spacial score (nSPS) is 11.0. The second kappa shape index (κ2) is 9.11. The average molecular weight is 451 g/mol. The molecule has 2 heterocycles. The van der Waals surface area contributed by atoms with E-state index in [2.05, 4.69) is 20.4 Å². The van der Waals surface area contributed by atoms with Crippen molar-refractivity contribution in [3.8, 4) is 11.5 Å². The molecule has 0 radical (unpaired) electrons. The fraction of sp³-hybridized carbons (Fsp3) is 0.115. The van der Waals surface area contributed by atoms with Crippen LogP contribution in [0.2, 0.25) is 0 Å². The van der Waals surface area contributed by atoms with Crippen LogP contribution in [0.1, 0.15) is 28.9 Å². The zero-order valence-electron chi connectivity index (χ0n) is 18.4. The Kier molecular flexibility index (Phi) is 5.70. The summed E-state index contributed by atoms with van der Waals surface area (Å²) in [5.74, 6) is 1.18. The second-order valence-electron chi connectivity index (χ2n) is 7.70. The molecular weight excluding hydrogens is 430 g/mol. The fourth-order valence-corrected chi connectivity index (χ4v) is 3.71. The molecule has 0 fully saturated rings. The summed E-state index contributed by atoms with van der Waals surface area (Å²) in [5.41, 5.74) is 2.48. The van der Waals surface area contributed by atoms with Crippen molar-refractivity contribution in [2.24, 2.45) is 0 Å². The number of aryl methyl sites for hydroxylation is 1. The summed E-state index contributed by atoms with van der Waals surface area (Å²) in [4.78, 5) is 34.4. The molecule has 2 aromatic heterocycles. The third-order valence-electron chi connectivity index (χ3n) is 5.45. The van der Waals surface area contributed by atoms with E-state index in [-0.39, 0.29) is 18.0 Å². The zero-order valence-corrected chi connectivity index (χ0v) is 18.4. The zero-order chi connectivity index (χ0) is 23.5. The molecular formula is C26H21N5O3. The van der Waals surface area contributed by atoms with E-state index >= 15 is 0 Å². The molecule has 1 amide bonds. The lowest BCUT2D eigenvalue weighted by atomic mass is 10.2. The number of para-hydroxylation sites is 1. The number of carbonyl (C=O) groups excluding carboxylic acids is 1. The first kappa shape index (κ1) is 21.3. The minimum absolute atomic E-state index is 0.132. The van der Waals surface area contributed by atoms with Crippen molar-refractivity contribution in [1.29, 1.82) is 0 Å². The maximum Gasteiger partial charge on any atom is 0.261 e. The van der Waals surface area contributed by atoms with Crippen molar-refractivity contribution in [3.05, 3.63) is 106 Å². The molecule has 0 spiro atoms. The van der Waals surface area contributed by atoms with Crippen LogP contribution in [-0.2, 0) is 13.0 Å². The molecule has 3 aromatic carbocycles. The van der Waals surface area contributed by atoms with Gasteiger partial charge >= 0.3 is 0 Å². The van der Waals surface area contributed by atoms with E-state index < -0.39 is 0 Å². The lowest BCUT2D eigenvalue weighted by Crippen LogP contribution is -2.26. The van der Waals surface area contributed by atoms with Crippen LogP contribution in [0, 0.1) is 0 Å². The fourth-order valence-electron chi connectivity index (χ4n) is 3.71. The second-order valence-corrected chi connectivity index (χ2v) is 7.70. The average Bonchev–Trinajstić information content (AvgIpc) is 3.35. The summed E-state index contributed by atoms with van der Waals surface area (Å²) in [6.07, 6.45) is 0.598. The molecule has 0 bridgehead atoms. The maximum absolute atomic E-state index is 13.0. The number of hydrogen-bond acceptors (Lipinski definition) is 6. The molecule has 0 aliphatic heterocycles. The third kappa shape index (κ3) is 4.21. The van der Waals surface area contributed by atoms with Crippen molar-refractivity contribution in [2.75, 3.05) is 5.32 Å². The van der Waals surface area contributed by atoms with E-state index in [1.54, 1.807) is 47.0 Å². The van der Waals surface area contributed by atoms with E-state index in [1.807, 2.05) is 43.3 Å². The van der Waals surface area contributed by atoms with Gasteiger partial charge in [0, 0.05) is 23.2 Å². The van der Waals surface area contributed by atoms with Gasteiger partial charge in [-0.05, 0) is 48.5 Å². The van der Waals surface area contributed by atoms with Crippen LogP contribution in [0.3, 0.4) is 0 Å². The number of fused-ring (bicyclic) bond motifs is 1. The smallest absolute Gasteiger partial charge is 0.261 e. The van der Waals surface area contributed by atoms with Gasteiger partial charge in [-0.3, -0.25) is 14.2 Å². The molecule has 0 aliphatic carbocycles. The van der Waals surface area contributed by atoms with Crippen molar-refractivity contribution in [1.82, 2.24) is 19.7 Å². The number of aromatic nitrogens is 4. The third-order valence-corrected chi connectivity index (χ3v) is 5.45. The lowest BCUT2D eigenvalue weighted by molar-refractivity contribution is 0.102. The summed E-state index contributed by atoms with van der Waals surface area (Å²) >= 11 is 0. The molecule has 168 valence electrons. The van der Waals surface area contributed by atoms with E-state index in [0.29, 0.717) is 51.7 Å². The van der Waals surface area contributed by atoms with Gasteiger partial charge in [-0.25, -0.2) is 4.98 Å². The number of nitrogens with one attached hydrogen (secondary N) is 1. The Labute approximate surface area is 194 Å². The number of benzene rings is 3. The SMILES string of the molecule is CCc1nc2ccccc2c(=O)n1Cc1noc(-c2ccc(NC(=O)c3ccccc3)cc2)n1. The molecule has 0 saturated heterocycles. The monoisotopic (exact) mass is 451 g/mol. The Bertz CT molecular complexity index is 1520. The number of nitrogens with zero attached hydrogens (tertiary/aromatic N) is 4. The van der Waals surface area contributed by atoms with E-state index in [1.165, 1.54) is 0 Å². The Morgan fingerprint density at radius 3 is 2.44 bits per heavy atom.